The number of hydrogen-bond acceptors (Lipinski definition) is 2. The summed E-state index contributed by atoms with van der Waals surface area (Å²) in [5.74, 6) is -0.993. The third kappa shape index (κ3) is 11.7. The number of amides is 2. The van der Waals surface area contributed by atoms with Crippen LogP contribution in [0.15, 0.2) is 0 Å². The van der Waals surface area contributed by atoms with Crippen molar-refractivity contribution in [2.45, 2.75) is 71.6 Å². The second-order valence-corrected chi connectivity index (χ2v) is 4.99. The molecule has 0 aliphatic carbocycles. The largest absolute Gasteiger partial charge is 0.348 e. The van der Waals surface area contributed by atoms with E-state index in [-0.39, 0.29) is 0 Å². The highest BCUT2D eigenvalue weighted by molar-refractivity contribution is 6.35. The Hall–Kier alpha value is -1.06. The van der Waals surface area contributed by atoms with Gasteiger partial charge in [-0.3, -0.25) is 9.59 Å². The Morgan fingerprint density at radius 2 is 1.00 bits per heavy atom. The molecule has 0 atom stereocenters. The highest BCUT2D eigenvalue weighted by Gasteiger charge is 2.11. The van der Waals surface area contributed by atoms with Gasteiger partial charge in [0, 0.05) is 13.1 Å². The van der Waals surface area contributed by atoms with Crippen molar-refractivity contribution in [1.82, 2.24) is 10.6 Å². The first-order valence-electron chi connectivity index (χ1n) is 7.78. The molecule has 0 saturated heterocycles. The van der Waals surface area contributed by atoms with Gasteiger partial charge in [-0.05, 0) is 12.8 Å². The predicted octanol–water partition coefficient (Wildman–Crippen LogP) is 2.77. The number of nitrogens with one attached hydrogen (secondary N) is 2. The fourth-order valence-corrected chi connectivity index (χ4v) is 1.84. The number of rotatable bonds is 11. The van der Waals surface area contributed by atoms with Crippen LogP contribution in [0, 0.1) is 0 Å². The van der Waals surface area contributed by atoms with Gasteiger partial charge in [0.25, 0.3) is 0 Å². The lowest BCUT2D eigenvalue weighted by atomic mass is 10.1. The molecule has 0 spiro atoms. The molecule has 4 nitrogen and oxygen atoms in total. The molecule has 0 rings (SSSR count). The Kier molecular flexibility index (Phi) is 12.6. The third-order valence-corrected chi connectivity index (χ3v) is 3.09. The van der Waals surface area contributed by atoms with Crippen molar-refractivity contribution in [1.29, 1.82) is 0 Å². The molecule has 0 saturated carbocycles. The zero-order chi connectivity index (χ0) is 14.3. The molecule has 0 aliphatic rings. The molecule has 112 valence electrons. The van der Waals surface area contributed by atoms with Gasteiger partial charge in [0.1, 0.15) is 0 Å². The second-order valence-electron chi connectivity index (χ2n) is 4.99. The summed E-state index contributed by atoms with van der Waals surface area (Å²) in [6.07, 6.45) is 10.2. The summed E-state index contributed by atoms with van der Waals surface area (Å²) in [7, 11) is 0. The van der Waals surface area contributed by atoms with Gasteiger partial charge in [-0.1, -0.05) is 58.8 Å². The Balaban J connectivity index is 3.39. The van der Waals surface area contributed by atoms with E-state index in [1.54, 1.807) is 0 Å². The molecule has 0 aromatic carbocycles. The highest BCUT2D eigenvalue weighted by atomic mass is 16.2. The number of carbonyl (C=O) groups is 2. The molecule has 0 bridgehead atoms. The monoisotopic (exact) mass is 270 g/mol. The summed E-state index contributed by atoms with van der Waals surface area (Å²) in [5.41, 5.74) is 0. The summed E-state index contributed by atoms with van der Waals surface area (Å²) < 4.78 is 0. The van der Waals surface area contributed by atoms with Crippen molar-refractivity contribution in [2.75, 3.05) is 13.1 Å². The zero-order valence-electron chi connectivity index (χ0n) is 12.6. The topological polar surface area (TPSA) is 58.2 Å². The molecule has 0 heterocycles. The molecular formula is C15H30N2O2. The molecule has 0 aliphatic heterocycles. The first kappa shape index (κ1) is 17.9. The van der Waals surface area contributed by atoms with E-state index in [1.165, 1.54) is 25.7 Å². The minimum atomic E-state index is -0.498. The lowest BCUT2D eigenvalue weighted by Crippen LogP contribution is -2.40. The van der Waals surface area contributed by atoms with Crippen LogP contribution in [0.3, 0.4) is 0 Å². The maximum Gasteiger partial charge on any atom is 0.309 e. The van der Waals surface area contributed by atoms with E-state index in [2.05, 4.69) is 24.5 Å². The van der Waals surface area contributed by atoms with Crippen molar-refractivity contribution in [3.8, 4) is 0 Å². The fraction of sp³-hybridized carbons (Fsp3) is 0.867. The molecule has 0 unspecified atom stereocenters. The molecular weight excluding hydrogens is 240 g/mol. The van der Waals surface area contributed by atoms with Crippen LogP contribution in [0.4, 0.5) is 0 Å². The van der Waals surface area contributed by atoms with E-state index in [1.807, 2.05) is 0 Å². The Bertz CT molecular complexity index is 242. The lowest BCUT2D eigenvalue weighted by Gasteiger charge is -2.06. The maximum absolute atomic E-state index is 11.4. The second kappa shape index (κ2) is 13.4. The van der Waals surface area contributed by atoms with Gasteiger partial charge >= 0.3 is 11.8 Å². The van der Waals surface area contributed by atoms with E-state index in [0.717, 1.165) is 32.1 Å². The van der Waals surface area contributed by atoms with E-state index >= 15 is 0 Å². The van der Waals surface area contributed by atoms with Gasteiger partial charge in [0.05, 0.1) is 0 Å². The average molecular weight is 270 g/mol. The van der Waals surface area contributed by atoms with Gasteiger partial charge in [-0.25, -0.2) is 0 Å². The van der Waals surface area contributed by atoms with Gasteiger partial charge in [0.2, 0.25) is 0 Å². The van der Waals surface area contributed by atoms with Crippen LogP contribution >= 0.6 is 0 Å². The molecule has 0 radical (unpaired) electrons. The smallest absolute Gasteiger partial charge is 0.309 e. The summed E-state index contributed by atoms with van der Waals surface area (Å²) in [6, 6.07) is 0. The van der Waals surface area contributed by atoms with E-state index in [4.69, 9.17) is 0 Å². The lowest BCUT2D eigenvalue weighted by molar-refractivity contribution is -0.139. The van der Waals surface area contributed by atoms with Crippen molar-refractivity contribution in [3.63, 3.8) is 0 Å². The predicted molar refractivity (Wildman–Crippen MR) is 78.9 cm³/mol. The summed E-state index contributed by atoms with van der Waals surface area (Å²) in [6.45, 7) is 5.50. The Morgan fingerprint density at radius 3 is 1.53 bits per heavy atom. The summed E-state index contributed by atoms with van der Waals surface area (Å²) >= 11 is 0. The molecule has 0 fully saturated rings. The normalized spacial score (nSPS) is 10.2. The van der Waals surface area contributed by atoms with Crippen LogP contribution in [0.2, 0.25) is 0 Å². The number of carbonyl (C=O) groups excluding carboxylic acids is 2. The zero-order valence-corrected chi connectivity index (χ0v) is 12.6. The van der Waals surface area contributed by atoms with Crippen LogP contribution in [-0.2, 0) is 9.59 Å². The summed E-state index contributed by atoms with van der Waals surface area (Å²) in [4.78, 5) is 22.8. The van der Waals surface area contributed by atoms with Crippen LogP contribution in [0.1, 0.15) is 71.6 Å². The first-order chi connectivity index (χ1) is 9.22. The first-order valence-corrected chi connectivity index (χ1v) is 7.78. The minimum absolute atomic E-state index is 0.495. The average Bonchev–Trinajstić information content (AvgIpc) is 2.42. The van der Waals surface area contributed by atoms with Crippen LogP contribution in [0.25, 0.3) is 0 Å². The SMILES string of the molecule is CCCCCCCCNC(=O)C(=O)NCCCCC. The van der Waals surface area contributed by atoms with Crippen molar-refractivity contribution in [2.24, 2.45) is 0 Å². The van der Waals surface area contributed by atoms with Crippen molar-refractivity contribution < 1.29 is 9.59 Å². The molecule has 0 aromatic rings. The number of hydrogen-bond donors (Lipinski definition) is 2. The minimum Gasteiger partial charge on any atom is -0.348 e. The Morgan fingerprint density at radius 1 is 0.632 bits per heavy atom. The number of unbranched alkanes of at least 4 members (excludes halogenated alkanes) is 7. The highest BCUT2D eigenvalue weighted by Crippen LogP contribution is 2.03. The van der Waals surface area contributed by atoms with Crippen LogP contribution in [-0.4, -0.2) is 24.9 Å². The summed E-state index contributed by atoms with van der Waals surface area (Å²) in [5, 5.41) is 5.30. The molecule has 2 N–H and O–H groups in total. The van der Waals surface area contributed by atoms with Gasteiger partial charge in [-0.2, -0.15) is 0 Å². The standard InChI is InChI=1S/C15H30N2O2/c1-3-5-7-8-9-11-13-17-15(19)14(18)16-12-10-6-4-2/h3-13H2,1-2H3,(H,16,18)(H,17,19). The van der Waals surface area contributed by atoms with E-state index in [9.17, 15) is 9.59 Å². The van der Waals surface area contributed by atoms with Crippen molar-refractivity contribution >= 4 is 11.8 Å². The van der Waals surface area contributed by atoms with Crippen LogP contribution in [0.5, 0.6) is 0 Å². The maximum atomic E-state index is 11.4. The molecule has 19 heavy (non-hydrogen) atoms. The molecule has 4 heteroatoms. The van der Waals surface area contributed by atoms with Gasteiger partial charge in [0.15, 0.2) is 0 Å². The quantitative estimate of drug-likeness (QED) is 0.448. The van der Waals surface area contributed by atoms with Gasteiger partial charge < -0.3 is 10.6 Å². The van der Waals surface area contributed by atoms with Crippen molar-refractivity contribution in [3.05, 3.63) is 0 Å². The van der Waals surface area contributed by atoms with Gasteiger partial charge in [-0.15, -0.1) is 0 Å². The van der Waals surface area contributed by atoms with E-state index < -0.39 is 11.8 Å². The fourth-order valence-electron chi connectivity index (χ4n) is 1.84. The third-order valence-electron chi connectivity index (χ3n) is 3.09. The van der Waals surface area contributed by atoms with E-state index in [0.29, 0.717) is 13.1 Å². The molecule has 0 aromatic heterocycles. The van der Waals surface area contributed by atoms with Crippen LogP contribution < -0.4 is 10.6 Å². The Labute approximate surface area is 117 Å². The molecule has 2 amide bonds.